The number of hydrogen-bond acceptors (Lipinski definition) is 5. The summed E-state index contributed by atoms with van der Waals surface area (Å²) in [5, 5.41) is 21.2. The molecule has 8 heteroatoms. The molecule has 0 atom stereocenters. The van der Waals surface area contributed by atoms with E-state index in [1.165, 1.54) is 12.1 Å². The molecule has 0 saturated carbocycles. The van der Waals surface area contributed by atoms with Crippen molar-refractivity contribution in [2.75, 3.05) is 5.32 Å². The molecule has 0 aliphatic heterocycles. The van der Waals surface area contributed by atoms with Gasteiger partial charge in [0.2, 0.25) is 5.91 Å². The highest BCUT2D eigenvalue weighted by molar-refractivity contribution is 5.92. The number of nitro groups is 1. The molecule has 0 bridgehead atoms. The van der Waals surface area contributed by atoms with Gasteiger partial charge in [0.05, 0.1) is 17.0 Å². The Bertz CT molecular complexity index is 918. The zero-order valence-electron chi connectivity index (χ0n) is 13.4. The first-order valence-corrected chi connectivity index (χ1v) is 7.53. The summed E-state index contributed by atoms with van der Waals surface area (Å²) in [7, 11) is 0. The SMILES string of the molecule is Cc1nncn1-c1cccc(NC(=O)Cc2ccc([N+](=O)[O-])cc2)c1. The van der Waals surface area contributed by atoms with E-state index in [0.29, 0.717) is 11.3 Å². The molecule has 3 aromatic rings. The highest BCUT2D eigenvalue weighted by Gasteiger charge is 2.09. The van der Waals surface area contributed by atoms with E-state index in [2.05, 4.69) is 15.5 Å². The number of nitrogens with one attached hydrogen (secondary N) is 1. The molecule has 1 aromatic heterocycles. The Balaban J connectivity index is 1.69. The highest BCUT2D eigenvalue weighted by Crippen LogP contribution is 2.17. The number of anilines is 1. The number of aryl methyl sites for hydroxylation is 1. The second-order valence-corrected chi connectivity index (χ2v) is 5.45. The molecule has 0 saturated heterocycles. The molecule has 25 heavy (non-hydrogen) atoms. The number of hydrogen-bond donors (Lipinski definition) is 1. The van der Waals surface area contributed by atoms with Gasteiger partial charge < -0.3 is 5.32 Å². The maximum absolute atomic E-state index is 12.2. The Morgan fingerprint density at radius 2 is 2.00 bits per heavy atom. The quantitative estimate of drug-likeness (QED) is 0.569. The second kappa shape index (κ2) is 6.91. The summed E-state index contributed by atoms with van der Waals surface area (Å²) < 4.78 is 1.81. The minimum atomic E-state index is -0.470. The van der Waals surface area contributed by atoms with Crippen LogP contribution in [0.2, 0.25) is 0 Å². The summed E-state index contributed by atoms with van der Waals surface area (Å²) in [6.07, 6.45) is 1.74. The van der Waals surface area contributed by atoms with E-state index in [1.807, 2.05) is 29.7 Å². The lowest BCUT2D eigenvalue weighted by Gasteiger charge is -2.09. The normalized spacial score (nSPS) is 10.4. The van der Waals surface area contributed by atoms with Crippen molar-refractivity contribution in [3.05, 3.63) is 76.4 Å². The molecular formula is C17H15N5O3. The first kappa shape index (κ1) is 16.3. The highest BCUT2D eigenvalue weighted by atomic mass is 16.6. The van der Waals surface area contributed by atoms with E-state index in [9.17, 15) is 14.9 Å². The number of nitro benzene ring substituents is 1. The Morgan fingerprint density at radius 1 is 1.24 bits per heavy atom. The fourth-order valence-electron chi connectivity index (χ4n) is 2.41. The van der Waals surface area contributed by atoms with Gasteiger partial charge in [-0.3, -0.25) is 19.5 Å². The van der Waals surface area contributed by atoms with Crippen LogP contribution in [0, 0.1) is 17.0 Å². The molecule has 0 unspecified atom stereocenters. The summed E-state index contributed by atoms with van der Waals surface area (Å²) in [5.74, 6) is 0.542. The molecule has 0 radical (unpaired) electrons. The largest absolute Gasteiger partial charge is 0.326 e. The van der Waals surface area contributed by atoms with Crippen molar-refractivity contribution in [3.63, 3.8) is 0 Å². The molecule has 8 nitrogen and oxygen atoms in total. The van der Waals surface area contributed by atoms with Crippen LogP contribution in [0.15, 0.2) is 54.9 Å². The second-order valence-electron chi connectivity index (χ2n) is 5.45. The van der Waals surface area contributed by atoms with Gasteiger partial charge >= 0.3 is 0 Å². The molecule has 1 amide bonds. The lowest BCUT2D eigenvalue weighted by molar-refractivity contribution is -0.384. The zero-order valence-corrected chi connectivity index (χ0v) is 13.4. The molecule has 0 fully saturated rings. The summed E-state index contributed by atoms with van der Waals surface area (Å²) >= 11 is 0. The molecule has 0 aliphatic carbocycles. The third kappa shape index (κ3) is 3.86. The number of carbonyl (C=O) groups excluding carboxylic acids is 1. The molecular weight excluding hydrogens is 322 g/mol. The van der Waals surface area contributed by atoms with Crippen LogP contribution >= 0.6 is 0 Å². The van der Waals surface area contributed by atoms with Crippen LogP contribution in [0.25, 0.3) is 5.69 Å². The van der Waals surface area contributed by atoms with E-state index >= 15 is 0 Å². The number of carbonyl (C=O) groups is 1. The standard InChI is InChI=1S/C17H15N5O3/c1-12-20-18-11-21(12)16-4-2-3-14(10-16)19-17(23)9-13-5-7-15(8-6-13)22(24)25/h2-8,10-11H,9H2,1H3,(H,19,23). The van der Waals surface area contributed by atoms with Gasteiger partial charge in [-0.2, -0.15) is 0 Å². The number of benzene rings is 2. The van der Waals surface area contributed by atoms with Crippen molar-refractivity contribution in [2.45, 2.75) is 13.3 Å². The monoisotopic (exact) mass is 337 g/mol. The molecule has 1 N–H and O–H groups in total. The smallest absolute Gasteiger partial charge is 0.269 e. The lowest BCUT2D eigenvalue weighted by Crippen LogP contribution is -2.14. The Labute approximate surface area is 143 Å². The minimum Gasteiger partial charge on any atom is -0.326 e. The Kier molecular flexibility index (Phi) is 4.51. The number of non-ortho nitro benzene ring substituents is 1. The average Bonchev–Trinajstić information content (AvgIpc) is 3.01. The number of rotatable bonds is 5. The van der Waals surface area contributed by atoms with Crippen LogP contribution in [-0.2, 0) is 11.2 Å². The number of amides is 1. The summed E-state index contributed by atoms with van der Waals surface area (Å²) in [5.41, 5.74) is 2.20. The topological polar surface area (TPSA) is 103 Å². The summed E-state index contributed by atoms with van der Waals surface area (Å²) in [6, 6.07) is 13.3. The van der Waals surface area contributed by atoms with Crippen molar-refractivity contribution < 1.29 is 9.72 Å². The van der Waals surface area contributed by atoms with Crippen LogP contribution in [-0.4, -0.2) is 25.6 Å². The van der Waals surface area contributed by atoms with Crippen molar-refractivity contribution >= 4 is 17.3 Å². The van der Waals surface area contributed by atoms with Crippen LogP contribution in [0.5, 0.6) is 0 Å². The summed E-state index contributed by atoms with van der Waals surface area (Å²) in [4.78, 5) is 22.4. The maximum Gasteiger partial charge on any atom is 0.269 e. The van der Waals surface area contributed by atoms with E-state index in [4.69, 9.17) is 0 Å². The van der Waals surface area contributed by atoms with Gasteiger partial charge in [0, 0.05) is 17.8 Å². The van der Waals surface area contributed by atoms with Gasteiger partial charge in [-0.25, -0.2) is 0 Å². The van der Waals surface area contributed by atoms with E-state index in [-0.39, 0.29) is 18.0 Å². The molecule has 0 aliphatic rings. The number of aromatic nitrogens is 3. The van der Waals surface area contributed by atoms with Gasteiger partial charge in [0.15, 0.2) is 0 Å². The van der Waals surface area contributed by atoms with Crippen LogP contribution in [0.1, 0.15) is 11.4 Å². The maximum atomic E-state index is 12.2. The molecule has 2 aromatic carbocycles. The van der Waals surface area contributed by atoms with Gasteiger partial charge in [0.1, 0.15) is 12.2 Å². The van der Waals surface area contributed by atoms with Crippen LogP contribution in [0.4, 0.5) is 11.4 Å². The fraction of sp³-hybridized carbons (Fsp3) is 0.118. The van der Waals surface area contributed by atoms with E-state index < -0.39 is 4.92 Å². The summed E-state index contributed by atoms with van der Waals surface area (Å²) in [6.45, 7) is 1.84. The van der Waals surface area contributed by atoms with E-state index in [1.54, 1.807) is 24.5 Å². The van der Waals surface area contributed by atoms with Gasteiger partial charge in [0.25, 0.3) is 5.69 Å². The molecule has 3 rings (SSSR count). The van der Waals surface area contributed by atoms with Crippen molar-refractivity contribution in [3.8, 4) is 5.69 Å². The lowest BCUT2D eigenvalue weighted by atomic mass is 10.1. The predicted molar refractivity (Wildman–Crippen MR) is 91.5 cm³/mol. The van der Waals surface area contributed by atoms with Crippen LogP contribution < -0.4 is 5.32 Å². The first-order valence-electron chi connectivity index (χ1n) is 7.53. The van der Waals surface area contributed by atoms with Gasteiger partial charge in [-0.05, 0) is 30.7 Å². The number of nitrogens with zero attached hydrogens (tertiary/aromatic N) is 4. The average molecular weight is 337 g/mol. The first-order chi connectivity index (χ1) is 12.0. The Morgan fingerprint density at radius 3 is 2.64 bits per heavy atom. The van der Waals surface area contributed by atoms with Gasteiger partial charge in [-0.1, -0.05) is 18.2 Å². The van der Waals surface area contributed by atoms with Crippen molar-refractivity contribution in [1.82, 2.24) is 14.8 Å². The third-order valence-electron chi connectivity index (χ3n) is 3.64. The van der Waals surface area contributed by atoms with Gasteiger partial charge in [-0.15, -0.1) is 10.2 Å². The molecule has 126 valence electrons. The van der Waals surface area contributed by atoms with Crippen LogP contribution in [0.3, 0.4) is 0 Å². The minimum absolute atomic E-state index is 0.00108. The zero-order chi connectivity index (χ0) is 17.8. The van der Waals surface area contributed by atoms with Crippen molar-refractivity contribution in [1.29, 1.82) is 0 Å². The molecule has 1 heterocycles. The fourth-order valence-corrected chi connectivity index (χ4v) is 2.41. The Hall–Kier alpha value is -3.55. The van der Waals surface area contributed by atoms with Crippen molar-refractivity contribution in [2.24, 2.45) is 0 Å². The third-order valence-corrected chi connectivity index (χ3v) is 3.64. The molecule has 0 spiro atoms. The van der Waals surface area contributed by atoms with E-state index in [0.717, 1.165) is 11.5 Å². The predicted octanol–water partition coefficient (Wildman–Crippen LogP) is 2.67.